The van der Waals surface area contributed by atoms with Gasteiger partial charge in [-0.2, -0.15) is 0 Å². The van der Waals surface area contributed by atoms with Crippen molar-refractivity contribution in [1.29, 1.82) is 0 Å². The van der Waals surface area contributed by atoms with E-state index in [1.807, 2.05) is 54.6 Å². The van der Waals surface area contributed by atoms with Crippen molar-refractivity contribution in [3.8, 4) is 0 Å². The third kappa shape index (κ3) is 9.40. The predicted octanol–water partition coefficient (Wildman–Crippen LogP) is 7.44. The van der Waals surface area contributed by atoms with Crippen LogP contribution >= 0.6 is 23.4 Å². The van der Waals surface area contributed by atoms with Gasteiger partial charge >= 0.3 is 0 Å². The van der Waals surface area contributed by atoms with Gasteiger partial charge in [-0.05, 0) is 72.5 Å². The maximum absolute atomic E-state index is 13.8. The lowest BCUT2D eigenvalue weighted by molar-refractivity contribution is -0.141. The highest BCUT2D eigenvalue weighted by atomic mass is 35.5. The molecule has 0 radical (unpaired) electrons. The molecule has 1 fully saturated rings. The van der Waals surface area contributed by atoms with Crippen molar-refractivity contribution in [2.24, 2.45) is 0 Å². The molecule has 39 heavy (non-hydrogen) atoms. The van der Waals surface area contributed by atoms with E-state index < -0.39 is 6.04 Å². The molecule has 0 aromatic heterocycles. The van der Waals surface area contributed by atoms with Crippen LogP contribution in [-0.2, 0) is 22.6 Å². The molecule has 2 amide bonds. The smallest absolute Gasteiger partial charge is 0.243 e. The zero-order valence-corrected chi connectivity index (χ0v) is 23.7. The van der Waals surface area contributed by atoms with Crippen molar-refractivity contribution in [2.75, 3.05) is 5.75 Å². The van der Waals surface area contributed by atoms with Gasteiger partial charge in [0.1, 0.15) is 11.9 Å². The van der Waals surface area contributed by atoms with Gasteiger partial charge in [0.25, 0.3) is 0 Å². The van der Waals surface area contributed by atoms with E-state index in [0.29, 0.717) is 24.3 Å². The summed E-state index contributed by atoms with van der Waals surface area (Å²) in [5.74, 6) is 0.259. The number of nitrogens with one attached hydrogen (secondary N) is 1. The first-order valence-corrected chi connectivity index (χ1v) is 15.1. The number of carbonyl (C=O) groups is 2. The van der Waals surface area contributed by atoms with Crippen LogP contribution in [0.4, 0.5) is 4.39 Å². The monoisotopic (exact) mass is 566 g/mol. The minimum Gasteiger partial charge on any atom is -0.352 e. The minimum atomic E-state index is -0.657. The van der Waals surface area contributed by atoms with Crippen molar-refractivity contribution >= 4 is 35.2 Å². The fourth-order valence-corrected chi connectivity index (χ4v) is 5.95. The van der Waals surface area contributed by atoms with Crippen LogP contribution in [0, 0.1) is 5.82 Å². The average molecular weight is 567 g/mol. The summed E-state index contributed by atoms with van der Waals surface area (Å²) in [5.41, 5.74) is 1.79. The lowest BCUT2D eigenvalue weighted by atomic mass is 9.94. The van der Waals surface area contributed by atoms with Crippen molar-refractivity contribution in [2.45, 2.75) is 74.9 Å². The molecule has 4 rings (SSSR count). The molecule has 0 bridgehead atoms. The van der Waals surface area contributed by atoms with Gasteiger partial charge in [-0.15, -0.1) is 11.8 Å². The third-order valence-corrected chi connectivity index (χ3v) is 8.46. The molecule has 0 aliphatic heterocycles. The summed E-state index contributed by atoms with van der Waals surface area (Å²) in [6.07, 6.45) is 6.78. The Kier molecular flexibility index (Phi) is 11.3. The van der Waals surface area contributed by atoms with Crippen LogP contribution in [-0.4, -0.2) is 34.6 Å². The molecule has 206 valence electrons. The molecule has 1 aliphatic rings. The Labute approximate surface area is 240 Å². The number of amides is 2. The molecule has 0 spiro atoms. The van der Waals surface area contributed by atoms with Crippen molar-refractivity contribution in [3.63, 3.8) is 0 Å². The second-order valence-corrected chi connectivity index (χ2v) is 11.7. The number of halogens is 2. The van der Waals surface area contributed by atoms with E-state index in [2.05, 4.69) is 5.32 Å². The fraction of sp³-hybridized carbons (Fsp3) is 0.375. The summed E-state index contributed by atoms with van der Waals surface area (Å²) >= 11 is 7.66. The summed E-state index contributed by atoms with van der Waals surface area (Å²) in [7, 11) is 0. The predicted molar refractivity (Wildman–Crippen MR) is 157 cm³/mol. The molecule has 4 nitrogen and oxygen atoms in total. The summed E-state index contributed by atoms with van der Waals surface area (Å²) < 4.78 is 13.6. The number of benzene rings is 3. The number of carbonyl (C=O) groups excluding carboxylic acids is 2. The van der Waals surface area contributed by atoms with E-state index in [4.69, 9.17) is 11.6 Å². The Morgan fingerprint density at radius 2 is 1.62 bits per heavy atom. The van der Waals surface area contributed by atoms with Gasteiger partial charge in [-0.25, -0.2) is 4.39 Å². The SMILES string of the molecule is O=C(NC1CCCCC1)C(Cc1ccccc1)N(Cc1ccc(F)cc1)C(=O)CCCSc1ccc(Cl)cc1. The summed E-state index contributed by atoms with van der Waals surface area (Å²) in [4.78, 5) is 30.3. The first-order valence-electron chi connectivity index (χ1n) is 13.7. The first-order chi connectivity index (χ1) is 19.0. The lowest BCUT2D eigenvalue weighted by Crippen LogP contribution is -2.52. The Morgan fingerprint density at radius 1 is 0.923 bits per heavy atom. The molecule has 1 atom stereocenters. The number of rotatable bonds is 12. The molecule has 0 saturated heterocycles. The highest BCUT2D eigenvalue weighted by molar-refractivity contribution is 7.99. The topological polar surface area (TPSA) is 49.4 Å². The van der Waals surface area contributed by atoms with Gasteiger partial charge in [0.15, 0.2) is 0 Å². The van der Waals surface area contributed by atoms with Crippen LogP contribution in [0.25, 0.3) is 0 Å². The second-order valence-electron chi connectivity index (χ2n) is 10.1. The number of hydrogen-bond donors (Lipinski definition) is 1. The average Bonchev–Trinajstić information content (AvgIpc) is 2.96. The maximum Gasteiger partial charge on any atom is 0.243 e. The fourth-order valence-electron chi connectivity index (χ4n) is 4.97. The Morgan fingerprint density at radius 3 is 2.31 bits per heavy atom. The van der Waals surface area contributed by atoms with Gasteiger partial charge in [-0.1, -0.05) is 73.3 Å². The summed E-state index contributed by atoms with van der Waals surface area (Å²) in [5, 5.41) is 3.95. The third-order valence-electron chi connectivity index (χ3n) is 7.11. The van der Waals surface area contributed by atoms with Crippen molar-refractivity contribution in [3.05, 3.63) is 101 Å². The van der Waals surface area contributed by atoms with E-state index in [-0.39, 0.29) is 30.2 Å². The standard InChI is InChI=1S/C32H36ClFN2O2S/c33-26-15-19-29(20-16-26)39-21-7-12-31(37)36(23-25-13-17-27(34)18-14-25)30(22-24-8-3-1-4-9-24)32(38)35-28-10-5-2-6-11-28/h1,3-4,8-9,13-20,28,30H,2,5-7,10-12,21-23H2,(H,35,38). The molecule has 1 N–H and O–H groups in total. The Hall–Kier alpha value is -2.83. The van der Waals surface area contributed by atoms with Gasteiger partial charge in [-0.3, -0.25) is 9.59 Å². The highest BCUT2D eigenvalue weighted by Gasteiger charge is 2.31. The van der Waals surface area contributed by atoms with Gasteiger partial charge in [0.2, 0.25) is 11.8 Å². The van der Waals surface area contributed by atoms with E-state index in [0.717, 1.165) is 47.5 Å². The normalized spacial score (nSPS) is 14.5. The molecule has 1 unspecified atom stereocenters. The Bertz CT molecular complexity index is 1190. The molecular weight excluding hydrogens is 531 g/mol. The molecular formula is C32H36ClFN2O2S. The number of nitrogens with zero attached hydrogens (tertiary/aromatic N) is 1. The largest absolute Gasteiger partial charge is 0.352 e. The number of thioether (sulfide) groups is 1. The van der Waals surface area contributed by atoms with Crippen LogP contribution in [0.15, 0.2) is 83.8 Å². The molecule has 1 aliphatic carbocycles. The molecule has 0 heterocycles. The van der Waals surface area contributed by atoms with Crippen LogP contribution in [0.2, 0.25) is 5.02 Å². The van der Waals surface area contributed by atoms with Gasteiger partial charge in [0, 0.05) is 35.3 Å². The van der Waals surface area contributed by atoms with Crippen molar-refractivity contribution in [1.82, 2.24) is 10.2 Å². The molecule has 3 aromatic carbocycles. The maximum atomic E-state index is 13.8. The van der Waals surface area contributed by atoms with Crippen LogP contribution in [0.3, 0.4) is 0 Å². The van der Waals surface area contributed by atoms with E-state index >= 15 is 0 Å². The molecule has 1 saturated carbocycles. The van der Waals surface area contributed by atoms with Crippen LogP contribution < -0.4 is 5.32 Å². The first kappa shape index (κ1) is 29.2. The molecule has 3 aromatic rings. The van der Waals surface area contributed by atoms with E-state index in [1.165, 1.54) is 18.6 Å². The minimum absolute atomic E-state index is 0.0734. The zero-order chi connectivity index (χ0) is 27.5. The van der Waals surface area contributed by atoms with Crippen molar-refractivity contribution < 1.29 is 14.0 Å². The quantitative estimate of drug-likeness (QED) is 0.183. The second kappa shape index (κ2) is 15.1. The zero-order valence-electron chi connectivity index (χ0n) is 22.2. The van der Waals surface area contributed by atoms with E-state index in [1.54, 1.807) is 28.8 Å². The van der Waals surface area contributed by atoms with E-state index in [9.17, 15) is 14.0 Å². The lowest BCUT2D eigenvalue weighted by Gasteiger charge is -2.33. The summed E-state index contributed by atoms with van der Waals surface area (Å²) in [6, 6.07) is 23.1. The highest BCUT2D eigenvalue weighted by Crippen LogP contribution is 2.23. The van der Waals surface area contributed by atoms with Gasteiger partial charge in [0.05, 0.1) is 0 Å². The van der Waals surface area contributed by atoms with Crippen LogP contribution in [0.1, 0.15) is 56.1 Å². The Balaban J connectivity index is 1.51. The van der Waals surface area contributed by atoms with Gasteiger partial charge < -0.3 is 10.2 Å². The summed E-state index contributed by atoms with van der Waals surface area (Å²) in [6.45, 7) is 0.249. The van der Waals surface area contributed by atoms with Crippen LogP contribution in [0.5, 0.6) is 0 Å². The number of hydrogen-bond acceptors (Lipinski definition) is 3. The molecule has 7 heteroatoms.